The number of carbonyl (C=O) groups is 2. The first kappa shape index (κ1) is 24.3. The second kappa shape index (κ2) is 12.7. The van der Waals surface area contributed by atoms with Crippen LogP contribution >= 0.6 is 44.1 Å². The summed E-state index contributed by atoms with van der Waals surface area (Å²) in [5.41, 5.74) is 5.78. The van der Waals surface area contributed by atoms with E-state index in [1.54, 1.807) is 36.4 Å². The number of hydrogen-bond donors (Lipinski definition) is 3. The highest BCUT2D eigenvalue weighted by Gasteiger charge is 2.16. The Balaban J connectivity index is 1.92. The lowest BCUT2D eigenvalue weighted by Crippen LogP contribution is -2.48. The molecule has 0 aromatic heterocycles. The maximum Gasteiger partial charge on any atom is 0.270 e. The fourth-order valence-electron chi connectivity index (χ4n) is 2.54. The fraction of sp³-hybridized carbons (Fsp3) is 0.286. The molecule has 0 spiro atoms. The minimum Gasteiger partial charge on any atom is -0.493 e. The number of unbranched alkanes of at least 4 members (excludes halogenated alkanes) is 3. The molecule has 0 atom stereocenters. The van der Waals surface area contributed by atoms with Gasteiger partial charge < -0.3 is 4.74 Å². The lowest BCUT2D eigenvalue weighted by molar-refractivity contribution is 0.0933. The number of amides is 2. The molecule has 0 aliphatic rings. The van der Waals surface area contributed by atoms with Crippen molar-refractivity contribution >= 4 is 61.0 Å². The van der Waals surface area contributed by atoms with E-state index >= 15 is 0 Å². The largest absolute Gasteiger partial charge is 0.493 e. The zero-order valence-corrected chi connectivity index (χ0v) is 20.5. The minimum absolute atomic E-state index is 0.0331. The van der Waals surface area contributed by atoms with E-state index in [0.29, 0.717) is 28.0 Å². The van der Waals surface area contributed by atoms with E-state index in [1.807, 2.05) is 6.07 Å². The molecule has 0 saturated heterocycles. The molecule has 6 nitrogen and oxygen atoms in total. The van der Waals surface area contributed by atoms with Crippen molar-refractivity contribution in [2.75, 3.05) is 6.61 Å². The van der Waals surface area contributed by atoms with Gasteiger partial charge in [-0.1, -0.05) is 54.2 Å². The van der Waals surface area contributed by atoms with Gasteiger partial charge in [-0.25, -0.2) is 0 Å². The van der Waals surface area contributed by atoms with Crippen LogP contribution in [0.25, 0.3) is 0 Å². The quantitative estimate of drug-likeness (QED) is 0.239. The number of hydrogen-bond acceptors (Lipinski definition) is 4. The Bertz CT molecular complexity index is 909. The van der Waals surface area contributed by atoms with E-state index in [2.05, 4.69) is 55.0 Å². The van der Waals surface area contributed by atoms with Gasteiger partial charge in [0.1, 0.15) is 5.75 Å². The van der Waals surface area contributed by atoms with Crippen LogP contribution in [-0.4, -0.2) is 23.5 Å². The van der Waals surface area contributed by atoms with Gasteiger partial charge in [-0.2, -0.15) is 0 Å². The van der Waals surface area contributed by atoms with Gasteiger partial charge in [-0.3, -0.25) is 25.8 Å². The smallest absolute Gasteiger partial charge is 0.270 e. The number of nitrogens with one attached hydrogen (secondary N) is 3. The van der Waals surface area contributed by atoms with Crippen LogP contribution < -0.4 is 20.9 Å². The molecule has 9 heteroatoms. The number of ether oxygens (including phenoxy) is 1. The molecule has 30 heavy (non-hydrogen) atoms. The van der Waals surface area contributed by atoms with E-state index in [-0.39, 0.29) is 5.11 Å². The average Bonchev–Trinajstić information content (AvgIpc) is 2.73. The van der Waals surface area contributed by atoms with Crippen LogP contribution in [0.3, 0.4) is 0 Å². The normalized spacial score (nSPS) is 10.2. The topological polar surface area (TPSA) is 79.5 Å². The molecular formula is C21H23Br2N3O3S. The van der Waals surface area contributed by atoms with Gasteiger partial charge in [0, 0.05) is 8.95 Å². The van der Waals surface area contributed by atoms with E-state index in [1.165, 1.54) is 0 Å². The predicted molar refractivity (Wildman–Crippen MR) is 129 cm³/mol. The van der Waals surface area contributed by atoms with Gasteiger partial charge in [-0.15, -0.1) is 0 Å². The lowest BCUT2D eigenvalue weighted by atomic mass is 10.2. The molecule has 2 amide bonds. The summed E-state index contributed by atoms with van der Waals surface area (Å²) in [5.74, 6) is -0.350. The predicted octanol–water partition coefficient (Wildman–Crippen LogP) is 5.12. The second-order valence-corrected chi connectivity index (χ2v) is 8.57. The van der Waals surface area contributed by atoms with Crippen LogP contribution in [0.5, 0.6) is 5.75 Å². The van der Waals surface area contributed by atoms with Crippen molar-refractivity contribution in [3.8, 4) is 5.75 Å². The lowest BCUT2D eigenvalue weighted by Gasteiger charge is -2.14. The Morgan fingerprint density at radius 3 is 2.47 bits per heavy atom. The van der Waals surface area contributed by atoms with E-state index in [9.17, 15) is 9.59 Å². The third kappa shape index (κ3) is 7.70. The van der Waals surface area contributed by atoms with Crippen molar-refractivity contribution in [3.05, 3.63) is 62.5 Å². The van der Waals surface area contributed by atoms with Crippen molar-refractivity contribution in [3.63, 3.8) is 0 Å². The third-order valence-corrected chi connectivity index (χ3v) is 5.47. The fourth-order valence-corrected chi connectivity index (χ4v) is 3.51. The first-order chi connectivity index (χ1) is 14.4. The molecule has 160 valence electrons. The van der Waals surface area contributed by atoms with E-state index in [0.717, 1.165) is 30.2 Å². The molecule has 0 aliphatic heterocycles. The van der Waals surface area contributed by atoms with Crippen LogP contribution in [0.15, 0.2) is 51.4 Å². The van der Waals surface area contributed by atoms with E-state index < -0.39 is 11.8 Å². The maximum atomic E-state index is 12.7. The number of carbonyl (C=O) groups excluding carboxylic acids is 2. The van der Waals surface area contributed by atoms with Crippen LogP contribution in [0.4, 0.5) is 0 Å². The molecule has 0 radical (unpaired) electrons. The van der Waals surface area contributed by atoms with Crippen LogP contribution in [0.2, 0.25) is 0 Å². The summed E-state index contributed by atoms with van der Waals surface area (Å²) in [5, 5.41) is 2.52. The van der Waals surface area contributed by atoms with Gasteiger partial charge in [0.15, 0.2) is 5.11 Å². The summed E-state index contributed by atoms with van der Waals surface area (Å²) < 4.78 is 7.18. The minimum atomic E-state index is -0.438. The molecular weight excluding hydrogens is 534 g/mol. The van der Waals surface area contributed by atoms with Gasteiger partial charge in [-0.05, 0) is 64.9 Å². The van der Waals surface area contributed by atoms with Crippen molar-refractivity contribution < 1.29 is 14.3 Å². The Hall–Kier alpha value is -1.97. The number of thiocarbonyl (C=S) groups is 1. The maximum absolute atomic E-state index is 12.7. The molecule has 0 unspecified atom stereocenters. The molecule has 0 saturated carbocycles. The molecule has 2 aromatic rings. The Morgan fingerprint density at radius 2 is 1.73 bits per heavy atom. The average molecular weight is 557 g/mol. The molecule has 0 aliphatic carbocycles. The first-order valence-corrected chi connectivity index (χ1v) is 11.5. The van der Waals surface area contributed by atoms with Crippen molar-refractivity contribution in [1.29, 1.82) is 0 Å². The molecule has 3 N–H and O–H groups in total. The number of benzene rings is 2. The Kier molecular flexibility index (Phi) is 10.3. The highest BCUT2D eigenvalue weighted by molar-refractivity contribution is 9.10. The zero-order valence-electron chi connectivity index (χ0n) is 16.5. The zero-order chi connectivity index (χ0) is 21.9. The second-order valence-electron chi connectivity index (χ2n) is 6.39. The van der Waals surface area contributed by atoms with Gasteiger partial charge in [0.25, 0.3) is 11.8 Å². The summed E-state index contributed by atoms with van der Waals surface area (Å²) >= 11 is 11.8. The number of hydrazine groups is 1. The SMILES string of the molecule is CCCCCCOc1ccc(Br)cc1C(=O)NC(=S)NNC(=O)c1ccccc1Br. The molecule has 2 aromatic carbocycles. The highest BCUT2D eigenvalue weighted by atomic mass is 79.9. The summed E-state index contributed by atoms with van der Waals surface area (Å²) in [6.07, 6.45) is 4.31. The third-order valence-electron chi connectivity index (χ3n) is 4.08. The Labute approximate surface area is 198 Å². The first-order valence-electron chi connectivity index (χ1n) is 9.51. The summed E-state index contributed by atoms with van der Waals surface area (Å²) in [4.78, 5) is 24.9. The molecule has 0 bridgehead atoms. The highest BCUT2D eigenvalue weighted by Crippen LogP contribution is 2.23. The number of halogens is 2. The molecule has 2 rings (SSSR count). The van der Waals surface area contributed by atoms with E-state index in [4.69, 9.17) is 17.0 Å². The van der Waals surface area contributed by atoms with Crippen LogP contribution in [-0.2, 0) is 0 Å². The monoisotopic (exact) mass is 555 g/mol. The van der Waals surface area contributed by atoms with Gasteiger partial charge in [0.05, 0.1) is 17.7 Å². The van der Waals surface area contributed by atoms with Crippen molar-refractivity contribution in [2.24, 2.45) is 0 Å². The van der Waals surface area contributed by atoms with Gasteiger partial charge in [0.2, 0.25) is 0 Å². The standard InChI is InChI=1S/C21H23Br2N3O3S/c1-2-3-4-7-12-29-18-11-10-14(22)13-16(18)19(27)24-21(30)26-25-20(28)15-8-5-6-9-17(15)23/h5-6,8-11,13H,2-4,7,12H2,1H3,(H,25,28)(H2,24,26,27,30). The Morgan fingerprint density at radius 1 is 0.967 bits per heavy atom. The summed E-state index contributed by atoms with van der Waals surface area (Å²) in [6, 6.07) is 12.2. The number of rotatable bonds is 8. The summed E-state index contributed by atoms with van der Waals surface area (Å²) in [7, 11) is 0. The molecule has 0 heterocycles. The van der Waals surface area contributed by atoms with Crippen molar-refractivity contribution in [1.82, 2.24) is 16.2 Å². The van der Waals surface area contributed by atoms with Crippen LogP contribution in [0, 0.1) is 0 Å². The molecule has 0 fully saturated rings. The van der Waals surface area contributed by atoms with Crippen molar-refractivity contribution in [2.45, 2.75) is 32.6 Å². The van der Waals surface area contributed by atoms with Crippen LogP contribution in [0.1, 0.15) is 53.3 Å². The summed E-state index contributed by atoms with van der Waals surface area (Å²) in [6.45, 7) is 2.68. The van der Waals surface area contributed by atoms with Gasteiger partial charge >= 0.3 is 0 Å².